The molecule has 2 amide bonds. The zero-order valence-corrected chi connectivity index (χ0v) is 32.8. The smallest absolute Gasteiger partial charge is 0.248 e. The number of ether oxygens (including phenoxy) is 3. The van der Waals surface area contributed by atoms with Crippen LogP contribution in [-0.2, 0) is 14.3 Å². The first-order valence-electron chi connectivity index (χ1n) is 19.1. The van der Waals surface area contributed by atoms with Gasteiger partial charge in [0.15, 0.2) is 11.5 Å². The number of benzene rings is 1. The Morgan fingerprint density at radius 2 is 1.78 bits per heavy atom. The van der Waals surface area contributed by atoms with E-state index in [2.05, 4.69) is 48.7 Å². The van der Waals surface area contributed by atoms with E-state index in [9.17, 15) is 24.6 Å². The number of carbonyl (C=O) groups excluding carboxylic acids is 3. The van der Waals surface area contributed by atoms with Crippen molar-refractivity contribution in [2.75, 3.05) is 33.4 Å². The molecule has 0 aliphatic heterocycles. The number of aliphatic hydroxyl groups is 2. The van der Waals surface area contributed by atoms with E-state index in [1.807, 2.05) is 4.90 Å². The lowest BCUT2D eigenvalue weighted by Gasteiger charge is -2.58. The molecule has 7 rings (SSSR count). The molecule has 0 aromatic heterocycles. The number of halogens is 1. The van der Waals surface area contributed by atoms with E-state index in [1.54, 1.807) is 18.2 Å². The van der Waals surface area contributed by atoms with Crippen LogP contribution in [-0.4, -0.2) is 91.0 Å². The highest BCUT2D eigenvalue weighted by Gasteiger charge is 2.53. The molecule has 1 aromatic rings. The number of aldehydes is 1. The number of rotatable bonds is 14. The fourth-order valence-corrected chi connectivity index (χ4v) is 11.4. The molecule has 0 radical (unpaired) electrons. The minimum Gasteiger partial charge on any atom is -0.493 e. The second kappa shape index (κ2) is 16.4. The maximum absolute atomic E-state index is 14.7. The third kappa shape index (κ3) is 8.62. The van der Waals surface area contributed by atoms with E-state index in [0.29, 0.717) is 68.3 Å². The number of methoxy groups -OCH3 is 1. The number of nitrogens with one attached hydrogen (secondary N) is 1. The lowest BCUT2D eigenvalue weighted by Crippen LogP contribution is -2.60. The summed E-state index contributed by atoms with van der Waals surface area (Å²) >= 11 is 2.07. The SMILES string of the molecule is COc1cc(C=O)cc(I)c1OC1C=C(C(=O)NCCO)CC(N(CC23CC4CC(CC(C4)C2)C3)C(=O)COC2CC(C)CCC2C(C)C)C1O. The minimum absolute atomic E-state index is 0.00458. The maximum atomic E-state index is 14.7. The number of hydrogen-bond donors (Lipinski definition) is 3. The van der Waals surface area contributed by atoms with Crippen molar-refractivity contribution in [2.45, 2.75) is 109 Å². The Balaban J connectivity index is 1.33. The van der Waals surface area contributed by atoms with Gasteiger partial charge in [-0.1, -0.05) is 27.2 Å². The molecule has 6 unspecified atom stereocenters. The second-order valence-electron chi connectivity index (χ2n) is 16.8. The van der Waals surface area contributed by atoms with Crippen molar-refractivity contribution in [3.8, 4) is 11.5 Å². The summed E-state index contributed by atoms with van der Waals surface area (Å²) in [4.78, 5) is 41.7. The van der Waals surface area contributed by atoms with Crippen LogP contribution in [0.1, 0.15) is 95.3 Å². The van der Waals surface area contributed by atoms with E-state index < -0.39 is 18.2 Å². The van der Waals surface area contributed by atoms with Gasteiger partial charge in [-0.15, -0.1) is 0 Å². The van der Waals surface area contributed by atoms with Gasteiger partial charge in [0.1, 0.15) is 25.1 Å². The van der Waals surface area contributed by atoms with E-state index in [0.717, 1.165) is 38.4 Å². The molecular weight excluding hydrogens is 763 g/mol. The molecule has 0 saturated heterocycles. The molecule has 0 heterocycles. The average Bonchev–Trinajstić information content (AvgIpc) is 3.09. The van der Waals surface area contributed by atoms with E-state index >= 15 is 0 Å². The number of aliphatic hydroxyl groups excluding tert-OH is 2. The molecule has 10 nitrogen and oxygen atoms in total. The van der Waals surface area contributed by atoms with Crippen molar-refractivity contribution < 1.29 is 38.8 Å². The number of nitrogens with zero attached hydrogens (tertiary/aromatic N) is 1. The van der Waals surface area contributed by atoms with Crippen molar-refractivity contribution in [1.82, 2.24) is 10.2 Å². The summed E-state index contributed by atoms with van der Waals surface area (Å²) in [7, 11) is 1.49. The first-order valence-corrected chi connectivity index (χ1v) is 20.2. The van der Waals surface area contributed by atoms with Crippen LogP contribution in [0, 0.1) is 44.5 Å². The Kier molecular flexibility index (Phi) is 12.4. The summed E-state index contributed by atoms with van der Waals surface area (Å²) in [5.41, 5.74) is 0.779. The van der Waals surface area contributed by atoms with Gasteiger partial charge in [0.25, 0.3) is 0 Å². The fourth-order valence-electron chi connectivity index (χ4n) is 10.6. The van der Waals surface area contributed by atoms with Crippen molar-refractivity contribution >= 4 is 40.7 Å². The zero-order valence-electron chi connectivity index (χ0n) is 30.7. The van der Waals surface area contributed by atoms with Crippen LogP contribution in [0.3, 0.4) is 0 Å². The molecule has 4 bridgehead atoms. The van der Waals surface area contributed by atoms with Gasteiger partial charge in [0.2, 0.25) is 11.8 Å². The summed E-state index contributed by atoms with van der Waals surface area (Å²) < 4.78 is 19.3. The molecule has 6 aliphatic carbocycles. The van der Waals surface area contributed by atoms with Crippen molar-refractivity contribution in [1.29, 1.82) is 0 Å². The van der Waals surface area contributed by atoms with Gasteiger partial charge >= 0.3 is 0 Å². The first kappa shape index (κ1) is 38.5. The largest absolute Gasteiger partial charge is 0.493 e. The normalized spacial score (nSPS) is 34.2. The predicted octanol–water partition coefficient (Wildman–Crippen LogP) is 5.55. The Morgan fingerprint density at radius 3 is 2.39 bits per heavy atom. The first-order chi connectivity index (χ1) is 24.4. The van der Waals surface area contributed by atoms with Gasteiger partial charge in [-0.05, 0) is 133 Å². The van der Waals surface area contributed by atoms with Gasteiger partial charge in [0.05, 0.1) is 29.4 Å². The third-order valence-corrected chi connectivity index (χ3v) is 13.4. The number of hydrogen-bond acceptors (Lipinski definition) is 8. The third-order valence-electron chi connectivity index (χ3n) is 12.6. The summed E-state index contributed by atoms with van der Waals surface area (Å²) in [6, 6.07) is 2.50. The fraction of sp³-hybridized carbons (Fsp3) is 0.725. The van der Waals surface area contributed by atoms with Gasteiger partial charge in [0, 0.05) is 30.6 Å². The number of carbonyl (C=O) groups is 3. The monoisotopic (exact) mass is 820 g/mol. The van der Waals surface area contributed by atoms with Crippen LogP contribution in [0.4, 0.5) is 0 Å². The minimum atomic E-state index is -1.17. The predicted molar refractivity (Wildman–Crippen MR) is 202 cm³/mol. The van der Waals surface area contributed by atoms with Crippen LogP contribution in [0.5, 0.6) is 11.5 Å². The van der Waals surface area contributed by atoms with Crippen molar-refractivity contribution in [3.63, 3.8) is 0 Å². The highest BCUT2D eigenvalue weighted by Crippen LogP contribution is 2.60. The van der Waals surface area contributed by atoms with Crippen LogP contribution in [0.15, 0.2) is 23.8 Å². The van der Waals surface area contributed by atoms with Crippen LogP contribution in [0.2, 0.25) is 0 Å². The van der Waals surface area contributed by atoms with Gasteiger partial charge < -0.3 is 34.6 Å². The quantitative estimate of drug-likeness (QED) is 0.165. The van der Waals surface area contributed by atoms with E-state index in [1.165, 1.54) is 32.8 Å². The Hall–Kier alpha value is -2.22. The van der Waals surface area contributed by atoms with Crippen LogP contribution < -0.4 is 14.8 Å². The molecule has 6 atom stereocenters. The molecule has 3 N–H and O–H groups in total. The summed E-state index contributed by atoms with van der Waals surface area (Å²) in [5, 5.41) is 24.5. The Bertz CT molecular complexity index is 1430. The van der Waals surface area contributed by atoms with Crippen molar-refractivity contribution in [3.05, 3.63) is 32.9 Å². The highest BCUT2D eigenvalue weighted by atomic mass is 127. The average molecular weight is 821 g/mol. The summed E-state index contributed by atoms with van der Waals surface area (Å²) in [6.45, 7) is 7.02. The van der Waals surface area contributed by atoms with E-state index in [4.69, 9.17) is 14.2 Å². The Labute approximate surface area is 316 Å². The lowest BCUT2D eigenvalue weighted by molar-refractivity contribution is -0.156. The topological polar surface area (TPSA) is 135 Å². The number of amides is 2. The zero-order chi connectivity index (χ0) is 36.4. The van der Waals surface area contributed by atoms with Gasteiger partial charge in [-0.2, -0.15) is 0 Å². The lowest BCUT2D eigenvalue weighted by atomic mass is 9.49. The standard InChI is InChI=1S/C40H57IN2O8/c1-23(2)30-6-5-24(3)9-33(30)50-21-36(46)43(22-40-17-25-10-26(18-40)12-27(11-25)19-40)32-15-29(39(48)42-7-8-44)16-34(37(32)47)51-38-31(41)13-28(20-45)14-35(38)49-4/h13-14,16,20,23-27,30,32-34,37,44,47H,5-12,15,17-19,21-22H2,1-4H3,(H,42,48). The van der Waals surface area contributed by atoms with Crippen molar-refractivity contribution in [2.24, 2.45) is 40.9 Å². The van der Waals surface area contributed by atoms with Crippen LogP contribution >= 0.6 is 22.6 Å². The second-order valence-corrected chi connectivity index (χ2v) is 17.9. The van der Waals surface area contributed by atoms with Gasteiger partial charge in [-0.25, -0.2) is 0 Å². The molecular formula is C40H57IN2O8. The Morgan fingerprint density at radius 1 is 1.10 bits per heavy atom. The van der Waals surface area contributed by atoms with E-state index in [-0.39, 0.29) is 49.5 Å². The van der Waals surface area contributed by atoms with Gasteiger partial charge in [-0.3, -0.25) is 14.4 Å². The molecule has 51 heavy (non-hydrogen) atoms. The molecule has 5 saturated carbocycles. The summed E-state index contributed by atoms with van der Waals surface area (Å²) in [6.07, 6.45) is 10.6. The maximum Gasteiger partial charge on any atom is 0.248 e. The molecule has 1 aromatic carbocycles. The molecule has 282 valence electrons. The molecule has 5 fully saturated rings. The summed E-state index contributed by atoms with van der Waals surface area (Å²) in [5.74, 6) is 3.54. The van der Waals surface area contributed by atoms with Crippen LogP contribution in [0.25, 0.3) is 0 Å². The molecule has 0 spiro atoms. The molecule has 6 aliphatic rings. The molecule has 11 heteroatoms. The highest BCUT2D eigenvalue weighted by molar-refractivity contribution is 14.1.